The maximum Gasteiger partial charge on any atom is 0.396 e. The van der Waals surface area contributed by atoms with Crippen molar-refractivity contribution in [2.45, 2.75) is 13.0 Å². The Hall–Kier alpha value is -1.11. The summed E-state index contributed by atoms with van der Waals surface area (Å²) in [6.07, 6.45) is 0. The van der Waals surface area contributed by atoms with E-state index in [-0.39, 0.29) is 18.1 Å². The van der Waals surface area contributed by atoms with E-state index in [0.717, 1.165) is 7.11 Å². The number of ether oxygens (including phenoxy) is 1. The van der Waals surface area contributed by atoms with E-state index in [2.05, 4.69) is 4.74 Å². The summed E-state index contributed by atoms with van der Waals surface area (Å²) in [5, 5.41) is 0. The fraction of sp³-hybridized carbons (Fsp3) is 0.750. The Bertz CT molecular complexity index is 374. The molecule has 1 fully saturated rings. The number of methoxy groups -OCH3 is 1. The largest absolute Gasteiger partial charge is 0.462 e. The zero-order valence-corrected chi connectivity index (χ0v) is 9.41. The lowest BCUT2D eigenvalue weighted by Gasteiger charge is -2.31. The quantitative estimate of drug-likeness (QED) is 0.389. The maximum atomic E-state index is 11.4. The Labute approximate surface area is 88.1 Å². The Morgan fingerprint density at radius 1 is 1.40 bits per heavy atom. The molecule has 0 N–H and O–H groups in total. The van der Waals surface area contributed by atoms with Crippen molar-refractivity contribution in [1.82, 2.24) is 4.90 Å². The number of esters is 1. The van der Waals surface area contributed by atoms with Gasteiger partial charge in [0, 0.05) is 12.6 Å². The number of hydrogen-bond donors (Lipinski definition) is 0. The third-order valence-electron chi connectivity index (χ3n) is 2.29. The van der Waals surface area contributed by atoms with E-state index in [9.17, 15) is 18.0 Å². The molecule has 1 unspecified atom stereocenters. The second kappa shape index (κ2) is 4.18. The molecule has 1 heterocycles. The highest BCUT2D eigenvalue weighted by Gasteiger charge is 2.34. The van der Waals surface area contributed by atoms with Gasteiger partial charge in [-0.05, 0) is 6.92 Å². The van der Waals surface area contributed by atoms with Gasteiger partial charge < -0.3 is 9.64 Å². The number of hydrogen-bond acceptors (Lipinski definition) is 5. The van der Waals surface area contributed by atoms with Crippen LogP contribution >= 0.6 is 0 Å². The third-order valence-corrected chi connectivity index (χ3v) is 4.09. The van der Waals surface area contributed by atoms with Crippen LogP contribution in [0.2, 0.25) is 0 Å². The molecule has 86 valence electrons. The minimum absolute atomic E-state index is 0.0530. The van der Waals surface area contributed by atoms with Gasteiger partial charge in [0.2, 0.25) is 0 Å². The van der Waals surface area contributed by atoms with Crippen molar-refractivity contribution in [3.05, 3.63) is 0 Å². The number of nitrogens with zero attached hydrogens (tertiary/aromatic N) is 1. The van der Waals surface area contributed by atoms with Crippen molar-refractivity contribution in [1.29, 1.82) is 0 Å². The molecule has 6 nitrogen and oxygen atoms in total. The van der Waals surface area contributed by atoms with E-state index >= 15 is 0 Å². The zero-order valence-electron chi connectivity index (χ0n) is 8.60. The molecule has 1 aliphatic rings. The summed E-state index contributed by atoms with van der Waals surface area (Å²) in [5.74, 6) is -1.93. The Kier molecular flexibility index (Phi) is 3.33. The second-order valence-electron chi connectivity index (χ2n) is 3.45. The number of amides is 1. The van der Waals surface area contributed by atoms with Gasteiger partial charge in [-0.2, -0.15) is 0 Å². The maximum absolute atomic E-state index is 11.4. The molecule has 1 aliphatic heterocycles. The van der Waals surface area contributed by atoms with Crippen LogP contribution in [0, 0.1) is 0 Å². The summed E-state index contributed by atoms with van der Waals surface area (Å²) in [4.78, 5) is 23.6. The molecule has 1 rings (SSSR count). The first-order valence-electron chi connectivity index (χ1n) is 4.46. The first-order chi connectivity index (χ1) is 6.87. The van der Waals surface area contributed by atoms with Crippen molar-refractivity contribution in [2.75, 3.05) is 25.2 Å². The molecular weight excluding hydrogens is 222 g/mol. The van der Waals surface area contributed by atoms with Crippen LogP contribution in [0.3, 0.4) is 0 Å². The van der Waals surface area contributed by atoms with Crippen molar-refractivity contribution < 1.29 is 22.7 Å². The molecular formula is C8H13NO5S. The molecule has 1 atom stereocenters. The predicted molar refractivity (Wildman–Crippen MR) is 51.8 cm³/mol. The van der Waals surface area contributed by atoms with Crippen molar-refractivity contribution >= 4 is 21.7 Å². The second-order valence-corrected chi connectivity index (χ2v) is 5.68. The fourth-order valence-electron chi connectivity index (χ4n) is 1.50. The molecule has 1 saturated heterocycles. The SMILES string of the molecule is COC(=O)C(=O)N1CCS(=O)(=O)CC1C. The van der Waals surface area contributed by atoms with E-state index < -0.39 is 27.8 Å². The number of sulfone groups is 1. The van der Waals surface area contributed by atoms with E-state index in [0.29, 0.717) is 0 Å². The summed E-state index contributed by atoms with van der Waals surface area (Å²) in [5.41, 5.74) is 0. The summed E-state index contributed by atoms with van der Waals surface area (Å²) in [7, 11) is -1.96. The fourth-order valence-corrected chi connectivity index (χ4v) is 3.06. The molecule has 0 aromatic heterocycles. The average Bonchev–Trinajstić information content (AvgIpc) is 2.14. The molecule has 15 heavy (non-hydrogen) atoms. The first-order valence-corrected chi connectivity index (χ1v) is 6.29. The third kappa shape index (κ3) is 2.68. The lowest BCUT2D eigenvalue weighted by molar-refractivity contribution is -0.159. The number of rotatable bonds is 0. The highest BCUT2D eigenvalue weighted by Crippen LogP contribution is 2.11. The van der Waals surface area contributed by atoms with Crippen LogP contribution in [0.15, 0.2) is 0 Å². The van der Waals surface area contributed by atoms with E-state index in [1.54, 1.807) is 6.92 Å². The lowest BCUT2D eigenvalue weighted by atomic mass is 10.3. The van der Waals surface area contributed by atoms with Crippen LogP contribution in [0.1, 0.15) is 6.92 Å². The molecule has 0 aromatic rings. The van der Waals surface area contributed by atoms with Crippen molar-refractivity contribution in [3.8, 4) is 0 Å². The molecule has 0 saturated carbocycles. The molecule has 1 amide bonds. The monoisotopic (exact) mass is 235 g/mol. The summed E-state index contributed by atoms with van der Waals surface area (Å²) >= 11 is 0. The van der Waals surface area contributed by atoms with Gasteiger partial charge in [0.25, 0.3) is 0 Å². The minimum atomic E-state index is -3.08. The summed E-state index contributed by atoms with van der Waals surface area (Å²) in [6.45, 7) is 1.65. The van der Waals surface area contributed by atoms with Gasteiger partial charge in [-0.25, -0.2) is 13.2 Å². The van der Waals surface area contributed by atoms with Gasteiger partial charge in [-0.3, -0.25) is 4.79 Å². The first kappa shape index (κ1) is 12.0. The van der Waals surface area contributed by atoms with Gasteiger partial charge in [0.15, 0.2) is 9.84 Å². The minimum Gasteiger partial charge on any atom is -0.462 e. The van der Waals surface area contributed by atoms with Crippen LogP contribution in [-0.2, 0) is 24.2 Å². The Morgan fingerprint density at radius 3 is 2.47 bits per heavy atom. The highest BCUT2D eigenvalue weighted by atomic mass is 32.2. The molecule has 0 spiro atoms. The topological polar surface area (TPSA) is 80.8 Å². The van der Waals surface area contributed by atoms with Gasteiger partial charge in [0.1, 0.15) is 0 Å². The normalized spacial score (nSPS) is 24.7. The van der Waals surface area contributed by atoms with Gasteiger partial charge >= 0.3 is 11.9 Å². The molecule has 0 bridgehead atoms. The summed E-state index contributed by atoms with van der Waals surface area (Å²) < 4.78 is 26.7. The van der Waals surface area contributed by atoms with E-state index in [1.165, 1.54) is 4.90 Å². The number of carbonyl (C=O) groups excluding carboxylic acids is 2. The van der Waals surface area contributed by atoms with Crippen LogP contribution in [-0.4, -0.2) is 56.4 Å². The van der Waals surface area contributed by atoms with Crippen LogP contribution in [0.5, 0.6) is 0 Å². The van der Waals surface area contributed by atoms with Crippen molar-refractivity contribution in [2.24, 2.45) is 0 Å². The van der Waals surface area contributed by atoms with Crippen LogP contribution < -0.4 is 0 Å². The smallest absolute Gasteiger partial charge is 0.396 e. The average molecular weight is 235 g/mol. The van der Waals surface area contributed by atoms with Gasteiger partial charge in [0.05, 0.1) is 18.6 Å². The van der Waals surface area contributed by atoms with Gasteiger partial charge in [-0.1, -0.05) is 0 Å². The standard InChI is InChI=1S/C8H13NO5S/c1-6-5-15(12,13)4-3-9(6)7(10)8(11)14-2/h6H,3-5H2,1-2H3. The van der Waals surface area contributed by atoms with Crippen molar-refractivity contribution in [3.63, 3.8) is 0 Å². The van der Waals surface area contributed by atoms with E-state index in [4.69, 9.17) is 0 Å². The van der Waals surface area contributed by atoms with E-state index in [1.807, 2.05) is 0 Å². The van der Waals surface area contributed by atoms with Gasteiger partial charge in [-0.15, -0.1) is 0 Å². The highest BCUT2D eigenvalue weighted by molar-refractivity contribution is 7.91. The van der Waals surface area contributed by atoms with Crippen LogP contribution in [0.25, 0.3) is 0 Å². The summed E-state index contributed by atoms with van der Waals surface area (Å²) in [6, 6.07) is -0.477. The van der Waals surface area contributed by atoms with Crippen LogP contribution in [0.4, 0.5) is 0 Å². The number of carbonyl (C=O) groups is 2. The molecule has 0 aliphatic carbocycles. The predicted octanol–water partition coefficient (Wildman–Crippen LogP) is -1.20. The molecule has 0 radical (unpaired) electrons. The molecule has 7 heteroatoms. The zero-order chi connectivity index (χ0) is 11.6. The lowest BCUT2D eigenvalue weighted by Crippen LogP contribution is -2.52. The Morgan fingerprint density at radius 2 is 2.00 bits per heavy atom. The molecule has 0 aromatic carbocycles. The Balaban J connectivity index is 2.75.